The van der Waals surface area contributed by atoms with Crippen LogP contribution in [0.2, 0.25) is 0 Å². The average Bonchev–Trinajstić information content (AvgIpc) is 3.89. The molecular formula is C40H30O4S4. The van der Waals surface area contributed by atoms with E-state index in [1.165, 1.54) is 31.3 Å². The molecule has 4 heterocycles. The van der Waals surface area contributed by atoms with Crippen LogP contribution in [-0.2, 0) is 22.4 Å². The Morgan fingerprint density at radius 3 is 1.48 bits per heavy atom. The summed E-state index contributed by atoms with van der Waals surface area (Å²) in [5.74, 6) is -1.66. The molecule has 0 radical (unpaired) electrons. The Bertz CT molecular complexity index is 2250. The number of rotatable bonds is 10. The fourth-order valence-electron chi connectivity index (χ4n) is 5.92. The lowest BCUT2D eigenvalue weighted by atomic mass is 10.0. The minimum absolute atomic E-state index is 0.0216. The second kappa shape index (κ2) is 13.5. The van der Waals surface area contributed by atoms with Gasteiger partial charge in [0.15, 0.2) is 0 Å². The van der Waals surface area contributed by atoms with Gasteiger partial charge in [-0.1, -0.05) is 72.8 Å². The lowest BCUT2D eigenvalue weighted by Gasteiger charge is -2.05. The predicted octanol–water partition coefficient (Wildman–Crippen LogP) is 11.8. The van der Waals surface area contributed by atoms with Gasteiger partial charge in [0, 0.05) is 29.3 Å². The SMILES string of the molecule is Cc1ccsc1-c1ccc(-c2sc(-c3ccc(-c4cc(C)c(-c5ccc(-c6sccc6CC(=O)O)cc5)s4)cc3)cc2CC(=O)O)cc1. The van der Waals surface area contributed by atoms with Gasteiger partial charge < -0.3 is 10.2 Å². The summed E-state index contributed by atoms with van der Waals surface area (Å²) in [5.41, 5.74) is 10.7. The maximum Gasteiger partial charge on any atom is 0.307 e. The molecule has 7 aromatic rings. The molecule has 4 nitrogen and oxygen atoms in total. The first kappa shape index (κ1) is 32.0. The number of thiophene rings is 4. The van der Waals surface area contributed by atoms with Crippen molar-refractivity contribution in [1.29, 1.82) is 0 Å². The monoisotopic (exact) mass is 702 g/mol. The minimum Gasteiger partial charge on any atom is -0.481 e. The van der Waals surface area contributed by atoms with E-state index in [0.717, 1.165) is 53.6 Å². The van der Waals surface area contributed by atoms with E-state index in [-0.39, 0.29) is 12.8 Å². The van der Waals surface area contributed by atoms with E-state index in [4.69, 9.17) is 0 Å². The number of hydrogen-bond acceptors (Lipinski definition) is 6. The molecule has 0 fully saturated rings. The molecule has 2 N–H and O–H groups in total. The Kier molecular flexibility index (Phi) is 8.98. The molecule has 0 bridgehead atoms. The number of carbonyl (C=O) groups is 2. The summed E-state index contributed by atoms with van der Waals surface area (Å²) in [4.78, 5) is 29.7. The van der Waals surface area contributed by atoms with E-state index < -0.39 is 11.9 Å². The number of aliphatic carboxylic acids is 2. The second-order valence-electron chi connectivity index (χ2n) is 11.7. The standard InChI is InChI=1S/C40H30O4S4/c1-23-15-17-45-37(23)27-7-13-30(14-8-27)40-32(22-36(43)44)20-34(48-40)26-5-3-25(4-6-26)33-19-24(2)38(47-33)28-9-11-29(12-10-28)39-31(16-18-46-39)21-35(41)42/h3-20H,21-22H2,1-2H3,(H,41,42)(H,43,44). The molecule has 3 aromatic carbocycles. The third-order valence-electron chi connectivity index (χ3n) is 8.29. The molecule has 0 aliphatic carbocycles. The van der Waals surface area contributed by atoms with Gasteiger partial charge in [-0.2, -0.15) is 0 Å². The molecule has 0 unspecified atom stereocenters. The Hall–Kier alpha value is -4.60. The van der Waals surface area contributed by atoms with Crippen LogP contribution in [0, 0.1) is 13.8 Å². The zero-order valence-electron chi connectivity index (χ0n) is 26.2. The number of benzene rings is 3. The van der Waals surface area contributed by atoms with Crippen LogP contribution in [0.1, 0.15) is 22.3 Å². The molecule has 238 valence electrons. The highest BCUT2D eigenvalue weighted by molar-refractivity contribution is 7.19. The fraction of sp³-hybridized carbons (Fsp3) is 0.100. The smallest absolute Gasteiger partial charge is 0.307 e. The molecule has 0 aliphatic rings. The molecule has 7 rings (SSSR count). The predicted molar refractivity (Wildman–Crippen MR) is 203 cm³/mol. The van der Waals surface area contributed by atoms with Crippen LogP contribution in [0.3, 0.4) is 0 Å². The van der Waals surface area contributed by atoms with Crippen molar-refractivity contribution < 1.29 is 19.8 Å². The van der Waals surface area contributed by atoms with Crippen LogP contribution < -0.4 is 0 Å². The normalized spacial score (nSPS) is 11.2. The van der Waals surface area contributed by atoms with Crippen LogP contribution in [-0.4, -0.2) is 22.2 Å². The fourth-order valence-corrected chi connectivity index (χ4v) is 10.2. The Labute approximate surface area is 294 Å². The first-order chi connectivity index (χ1) is 23.2. The molecule has 8 heteroatoms. The molecule has 0 aliphatic heterocycles. The summed E-state index contributed by atoms with van der Waals surface area (Å²) in [5, 5.41) is 23.0. The van der Waals surface area contributed by atoms with Crippen molar-refractivity contribution >= 4 is 57.3 Å². The number of carboxylic acid groups (broad SMARTS) is 2. The van der Waals surface area contributed by atoms with Crippen LogP contribution in [0.5, 0.6) is 0 Å². The molecule has 0 atom stereocenters. The van der Waals surface area contributed by atoms with Crippen molar-refractivity contribution in [3.63, 3.8) is 0 Å². The molecule has 4 aromatic heterocycles. The summed E-state index contributed by atoms with van der Waals surface area (Å²) < 4.78 is 0. The Morgan fingerprint density at radius 1 is 0.479 bits per heavy atom. The van der Waals surface area contributed by atoms with Gasteiger partial charge in [-0.3, -0.25) is 9.59 Å². The quantitative estimate of drug-likeness (QED) is 0.149. The van der Waals surface area contributed by atoms with Crippen molar-refractivity contribution in [3.05, 3.63) is 130 Å². The number of aryl methyl sites for hydroxylation is 2. The van der Waals surface area contributed by atoms with Crippen molar-refractivity contribution in [2.75, 3.05) is 0 Å². The molecule has 0 saturated carbocycles. The summed E-state index contributed by atoms with van der Waals surface area (Å²) in [6.07, 6.45) is -0.00146. The van der Waals surface area contributed by atoms with Crippen molar-refractivity contribution in [3.8, 4) is 62.6 Å². The Balaban J connectivity index is 1.13. The summed E-state index contributed by atoms with van der Waals surface area (Å²) in [7, 11) is 0. The van der Waals surface area contributed by atoms with Crippen LogP contribution >= 0.6 is 45.3 Å². The molecule has 0 spiro atoms. The van der Waals surface area contributed by atoms with Gasteiger partial charge in [0.1, 0.15) is 0 Å². The highest BCUT2D eigenvalue weighted by Gasteiger charge is 2.17. The van der Waals surface area contributed by atoms with E-state index >= 15 is 0 Å². The highest BCUT2D eigenvalue weighted by Crippen LogP contribution is 2.42. The van der Waals surface area contributed by atoms with E-state index in [1.807, 2.05) is 17.5 Å². The van der Waals surface area contributed by atoms with E-state index in [0.29, 0.717) is 0 Å². The van der Waals surface area contributed by atoms with Crippen LogP contribution in [0.15, 0.2) is 108 Å². The molecule has 0 amide bonds. The highest BCUT2D eigenvalue weighted by atomic mass is 32.1. The lowest BCUT2D eigenvalue weighted by Crippen LogP contribution is -1.99. The molecular weight excluding hydrogens is 673 g/mol. The van der Waals surface area contributed by atoms with Gasteiger partial charge in [-0.25, -0.2) is 0 Å². The number of carboxylic acids is 2. The summed E-state index contributed by atoms with van der Waals surface area (Å²) in [6, 6.07) is 33.6. The van der Waals surface area contributed by atoms with Crippen molar-refractivity contribution in [2.24, 2.45) is 0 Å². The van der Waals surface area contributed by atoms with Gasteiger partial charge in [-0.15, -0.1) is 45.3 Å². The second-order valence-corrected chi connectivity index (χ2v) is 15.6. The lowest BCUT2D eigenvalue weighted by molar-refractivity contribution is -0.137. The summed E-state index contributed by atoms with van der Waals surface area (Å²) in [6.45, 7) is 4.25. The number of hydrogen-bond donors (Lipinski definition) is 2. The van der Waals surface area contributed by atoms with E-state index in [1.54, 1.807) is 45.3 Å². The molecule has 48 heavy (non-hydrogen) atoms. The average molecular weight is 703 g/mol. The maximum absolute atomic E-state index is 11.8. The third kappa shape index (κ3) is 6.57. The van der Waals surface area contributed by atoms with Crippen LogP contribution in [0.25, 0.3) is 62.6 Å². The molecule has 0 saturated heterocycles. The minimum atomic E-state index is -0.838. The van der Waals surface area contributed by atoms with Gasteiger partial charge >= 0.3 is 11.9 Å². The van der Waals surface area contributed by atoms with Crippen molar-refractivity contribution in [1.82, 2.24) is 0 Å². The van der Waals surface area contributed by atoms with Gasteiger partial charge in [0.05, 0.1) is 12.8 Å². The zero-order chi connectivity index (χ0) is 33.4. The first-order valence-electron chi connectivity index (χ1n) is 15.3. The largest absolute Gasteiger partial charge is 0.481 e. The topological polar surface area (TPSA) is 74.6 Å². The van der Waals surface area contributed by atoms with Crippen LogP contribution in [0.4, 0.5) is 0 Å². The maximum atomic E-state index is 11.8. The first-order valence-corrected chi connectivity index (χ1v) is 18.7. The van der Waals surface area contributed by atoms with Gasteiger partial charge in [-0.05, 0) is 105 Å². The van der Waals surface area contributed by atoms with Gasteiger partial charge in [0.2, 0.25) is 0 Å². The van der Waals surface area contributed by atoms with Crippen molar-refractivity contribution in [2.45, 2.75) is 26.7 Å². The summed E-state index contributed by atoms with van der Waals surface area (Å²) >= 11 is 6.69. The Morgan fingerprint density at radius 2 is 0.917 bits per heavy atom. The van der Waals surface area contributed by atoms with Gasteiger partial charge in [0.25, 0.3) is 0 Å². The van der Waals surface area contributed by atoms with E-state index in [2.05, 4.69) is 104 Å². The third-order valence-corrected chi connectivity index (χ3v) is 13.0. The zero-order valence-corrected chi connectivity index (χ0v) is 29.4. The van der Waals surface area contributed by atoms with E-state index in [9.17, 15) is 19.8 Å².